The van der Waals surface area contributed by atoms with Crippen molar-refractivity contribution < 1.29 is 26.4 Å². The molecule has 0 saturated carbocycles. The number of anilines is 1. The van der Waals surface area contributed by atoms with Crippen molar-refractivity contribution in [1.82, 2.24) is 4.31 Å². The molecule has 1 amide bonds. The monoisotopic (exact) mass is 412 g/mol. The SMILES string of the molecule is Cc1ccc(S(=O)(=O)N2CCN(c3cccc(C(F)(F)F)c3)C(=O)[C@H]2C)cc1. The van der Waals surface area contributed by atoms with Gasteiger partial charge in [0.05, 0.1) is 10.5 Å². The Labute approximate surface area is 161 Å². The lowest BCUT2D eigenvalue weighted by atomic mass is 10.1. The molecule has 0 aliphatic carbocycles. The molecule has 2 aromatic carbocycles. The summed E-state index contributed by atoms with van der Waals surface area (Å²) in [7, 11) is -3.89. The Bertz CT molecular complexity index is 988. The zero-order chi connectivity index (χ0) is 20.7. The molecule has 1 aliphatic heterocycles. The first-order valence-corrected chi connectivity index (χ1v) is 10.0. The van der Waals surface area contributed by atoms with Crippen LogP contribution < -0.4 is 4.90 Å². The van der Waals surface area contributed by atoms with E-state index in [1.54, 1.807) is 12.1 Å². The number of hydrogen-bond acceptors (Lipinski definition) is 3. The van der Waals surface area contributed by atoms with E-state index in [1.165, 1.54) is 36.1 Å². The number of carbonyl (C=O) groups excluding carboxylic acids is 1. The minimum Gasteiger partial charge on any atom is -0.310 e. The van der Waals surface area contributed by atoms with E-state index >= 15 is 0 Å². The summed E-state index contributed by atoms with van der Waals surface area (Å²) in [4.78, 5) is 14.0. The minimum absolute atomic E-state index is 0.0145. The van der Waals surface area contributed by atoms with Crippen molar-refractivity contribution in [2.75, 3.05) is 18.0 Å². The van der Waals surface area contributed by atoms with Gasteiger partial charge in [-0.15, -0.1) is 0 Å². The van der Waals surface area contributed by atoms with Crippen LogP contribution in [0.3, 0.4) is 0 Å². The van der Waals surface area contributed by atoms with Gasteiger partial charge in [-0.25, -0.2) is 8.42 Å². The maximum absolute atomic E-state index is 13.0. The molecule has 0 unspecified atom stereocenters. The zero-order valence-corrected chi connectivity index (χ0v) is 16.1. The highest BCUT2D eigenvalue weighted by atomic mass is 32.2. The van der Waals surface area contributed by atoms with Crippen LogP contribution in [0.5, 0.6) is 0 Å². The third kappa shape index (κ3) is 3.77. The molecular formula is C19H19F3N2O3S. The lowest BCUT2D eigenvalue weighted by Gasteiger charge is -2.38. The van der Waals surface area contributed by atoms with Gasteiger partial charge in [-0.2, -0.15) is 17.5 Å². The number of carbonyl (C=O) groups is 1. The number of alkyl halides is 3. The van der Waals surface area contributed by atoms with Crippen LogP contribution in [0.25, 0.3) is 0 Å². The van der Waals surface area contributed by atoms with Crippen molar-refractivity contribution in [2.45, 2.75) is 31.0 Å². The first-order chi connectivity index (χ1) is 13.0. The van der Waals surface area contributed by atoms with E-state index in [-0.39, 0.29) is 23.7 Å². The molecule has 1 saturated heterocycles. The third-order valence-corrected chi connectivity index (χ3v) is 6.70. The predicted octanol–water partition coefficient (Wildman–Crippen LogP) is 3.44. The summed E-state index contributed by atoms with van der Waals surface area (Å²) in [5, 5.41) is 0. The van der Waals surface area contributed by atoms with Crippen molar-refractivity contribution in [3.63, 3.8) is 0 Å². The van der Waals surface area contributed by atoms with Gasteiger partial charge in [-0.1, -0.05) is 23.8 Å². The first kappa shape index (κ1) is 20.3. The highest BCUT2D eigenvalue weighted by molar-refractivity contribution is 7.89. The fraction of sp³-hybridized carbons (Fsp3) is 0.316. The van der Waals surface area contributed by atoms with Crippen LogP contribution in [0.15, 0.2) is 53.4 Å². The van der Waals surface area contributed by atoms with Crippen molar-refractivity contribution in [3.05, 3.63) is 59.7 Å². The topological polar surface area (TPSA) is 57.7 Å². The van der Waals surface area contributed by atoms with Crippen molar-refractivity contribution in [1.29, 1.82) is 0 Å². The summed E-state index contributed by atoms with van der Waals surface area (Å²) in [5.41, 5.74) is 0.136. The maximum Gasteiger partial charge on any atom is 0.416 e. The Morgan fingerprint density at radius 3 is 2.29 bits per heavy atom. The molecule has 150 valence electrons. The van der Waals surface area contributed by atoms with Gasteiger partial charge in [-0.3, -0.25) is 4.79 Å². The molecule has 1 heterocycles. The second-order valence-electron chi connectivity index (χ2n) is 6.64. The molecule has 1 aliphatic rings. The number of nitrogens with zero attached hydrogens (tertiary/aromatic N) is 2. The normalized spacial score (nSPS) is 19.1. The van der Waals surface area contributed by atoms with Crippen molar-refractivity contribution in [2.24, 2.45) is 0 Å². The third-order valence-electron chi connectivity index (χ3n) is 4.71. The molecular weight excluding hydrogens is 393 g/mol. The Kier molecular flexibility index (Phi) is 5.24. The molecule has 28 heavy (non-hydrogen) atoms. The van der Waals surface area contributed by atoms with Crippen LogP contribution >= 0.6 is 0 Å². The number of halogens is 3. The van der Waals surface area contributed by atoms with Gasteiger partial charge >= 0.3 is 6.18 Å². The van der Waals surface area contributed by atoms with E-state index in [1.807, 2.05) is 6.92 Å². The second kappa shape index (κ2) is 7.21. The van der Waals surface area contributed by atoms with E-state index in [0.29, 0.717) is 0 Å². The summed E-state index contributed by atoms with van der Waals surface area (Å²) in [5.74, 6) is -0.568. The molecule has 0 aromatic heterocycles. The summed E-state index contributed by atoms with van der Waals surface area (Å²) in [6.07, 6.45) is -4.53. The van der Waals surface area contributed by atoms with Gasteiger partial charge in [0.2, 0.25) is 15.9 Å². The average molecular weight is 412 g/mol. The van der Waals surface area contributed by atoms with Gasteiger partial charge in [0.25, 0.3) is 0 Å². The van der Waals surface area contributed by atoms with E-state index in [4.69, 9.17) is 0 Å². The van der Waals surface area contributed by atoms with Crippen molar-refractivity contribution >= 4 is 21.6 Å². The van der Waals surface area contributed by atoms with Gasteiger partial charge < -0.3 is 4.90 Å². The summed E-state index contributed by atoms with van der Waals surface area (Å²) in [6.45, 7) is 3.22. The molecule has 0 bridgehead atoms. The molecule has 0 N–H and O–H groups in total. The molecule has 9 heteroatoms. The molecule has 1 atom stereocenters. The van der Waals surface area contributed by atoms with E-state index in [9.17, 15) is 26.4 Å². The number of benzene rings is 2. The number of sulfonamides is 1. The number of rotatable bonds is 3. The first-order valence-electron chi connectivity index (χ1n) is 8.59. The quantitative estimate of drug-likeness (QED) is 0.776. The lowest BCUT2D eigenvalue weighted by molar-refractivity contribution is -0.137. The number of amides is 1. The Hall–Kier alpha value is -2.39. The standard InChI is InChI=1S/C19H19F3N2O3S/c1-13-6-8-17(9-7-13)28(26,27)24-11-10-23(18(25)14(24)2)16-5-3-4-15(12-16)19(20,21)22/h3-9,12,14H,10-11H2,1-2H3/t14-/m1/s1. The number of aryl methyl sites for hydroxylation is 1. The second-order valence-corrected chi connectivity index (χ2v) is 8.53. The molecule has 1 fully saturated rings. The van der Waals surface area contributed by atoms with Crippen LogP contribution in [-0.4, -0.2) is 37.8 Å². The smallest absolute Gasteiger partial charge is 0.310 e. The highest BCUT2D eigenvalue weighted by Crippen LogP contribution is 2.33. The molecule has 0 spiro atoms. The van der Waals surface area contributed by atoms with E-state index in [2.05, 4.69) is 0 Å². The predicted molar refractivity (Wildman–Crippen MR) is 98.3 cm³/mol. The lowest BCUT2D eigenvalue weighted by Crippen LogP contribution is -2.57. The fourth-order valence-electron chi connectivity index (χ4n) is 3.13. The maximum atomic E-state index is 13.0. The van der Waals surface area contributed by atoms with Gasteiger partial charge in [0.1, 0.15) is 6.04 Å². The van der Waals surface area contributed by atoms with Crippen LogP contribution in [0, 0.1) is 6.92 Å². The fourth-order valence-corrected chi connectivity index (χ4v) is 4.71. The van der Waals surface area contributed by atoms with Crippen molar-refractivity contribution in [3.8, 4) is 0 Å². The van der Waals surface area contributed by atoms with E-state index < -0.39 is 33.7 Å². The van der Waals surface area contributed by atoms with Gasteiger partial charge in [0, 0.05) is 18.8 Å². The minimum atomic E-state index is -4.53. The number of piperazine rings is 1. The zero-order valence-electron chi connectivity index (χ0n) is 15.3. The Morgan fingerprint density at radius 2 is 1.68 bits per heavy atom. The molecule has 2 aromatic rings. The van der Waals surface area contributed by atoms with Gasteiger partial charge in [-0.05, 0) is 44.2 Å². The molecule has 5 nitrogen and oxygen atoms in total. The van der Waals surface area contributed by atoms with Crippen LogP contribution in [0.4, 0.5) is 18.9 Å². The summed E-state index contributed by atoms with van der Waals surface area (Å²) < 4.78 is 65.7. The van der Waals surface area contributed by atoms with Crippen LogP contribution in [0.2, 0.25) is 0 Å². The molecule has 0 radical (unpaired) electrons. The summed E-state index contributed by atoms with van der Waals surface area (Å²) >= 11 is 0. The Balaban J connectivity index is 1.87. The highest BCUT2D eigenvalue weighted by Gasteiger charge is 2.40. The summed E-state index contributed by atoms with van der Waals surface area (Å²) in [6, 6.07) is 9.70. The number of hydrogen-bond donors (Lipinski definition) is 0. The largest absolute Gasteiger partial charge is 0.416 e. The molecule has 3 rings (SSSR count). The Morgan fingerprint density at radius 1 is 1.04 bits per heavy atom. The average Bonchev–Trinajstić information content (AvgIpc) is 2.63. The van der Waals surface area contributed by atoms with E-state index in [0.717, 1.165) is 22.0 Å². The van der Waals surface area contributed by atoms with Crippen LogP contribution in [0.1, 0.15) is 18.1 Å². The van der Waals surface area contributed by atoms with Gasteiger partial charge in [0.15, 0.2) is 0 Å². The van der Waals surface area contributed by atoms with Crippen LogP contribution in [-0.2, 0) is 21.0 Å².